The van der Waals surface area contributed by atoms with Crippen molar-refractivity contribution in [3.05, 3.63) is 40.2 Å². The van der Waals surface area contributed by atoms with Crippen molar-refractivity contribution in [3.63, 3.8) is 0 Å². The first-order chi connectivity index (χ1) is 13.6. The van der Waals surface area contributed by atoms with Crippen molar-refractivity contribution in [2.75, 3.05) is 0 Å². The number of benzene rings is 1. The molecule has 1 aromatic carbocycles. The van der Waals surface area contributed by atoms with Crippen molar-refractivity contribution in [3.8, 4) is 0 Å². The summed E-state index contributed by atoms with van der Waals surface area (Å²) in [5.41, 5.74) is 2.98. The minimum atomic E-state index is -0.187. The third-order valence-electron chi connectivity index (χ3n) is 7.26. The minimum absolute atomic E-state index is 0.187. The van der Waals surface area contributed by atoms with E-state index in [0.717, 1.165) is 67.4 Å². The average molecular weight is 405 g/mol. The van der Waals surface area contributed by atoms with Crippen LogP contribution in [-0.2, 0) is 6.42 Å². The van der Waals surface area contributed by atoms with Crippen LogP contribution in [0.5, 0.6) is 0 Å². The zero-order valence-corrected chi connectivity index (χ0v) is 18.7. The van der Waals surface area contributed by atoms with Gasteiger partial charge in [-0.2, -0.15) is 0 Å². The van der Waals surface area contributed by atoms with Crippen LogP contribution < -0.4 is 0 Å². The lowest BCUT2D eigenvalue weighted by molar-refractivity contribution is 0.189. The molecule has 1 aromatic rings. The molecule has 2 heteroatoms. The Hall–Kier alpha value is -0.820. The molecule has 0 saturated heterocycles. The Morgan fingerprint density at radius 1 is 0.964 bits per heavy atom. The van der Waals surface area contributed by atoms with E-state index in [9.17, 15) is 4.39 Å². The van der Waals surface area contributed by atoms with Crippen LogP contribution in [0.4, 0.5) is 4.39 Å². The van der Waals surface area contributed by atoms with E-state index in [1.807, 2.05) is 6.07 Å². The first-order valence-electron chi connectivity index (χ1n) is 11.8. The molecule has 0 amide bonds. The summed E-state index contributed by atoms with van der Waals surface area (Å²) < 4.78 is 14.8. The first-order valence-corrected chi connectivity index (χ1v) is 12.2. The van der Waals surface area contributed by atoms with E-state index >= 15 is 0 Å². The lowest BCUT2D eigenvalue weighted by Gasteiger charge is -2.35. The van der Waals surface area contributed by atoms with E-state index < -0.39 is 0 Å². The van der Waals surface area contributed by atoms with Crippen LogP contribution in [0.25, 0.3) is 5.57 Å². The Kier molecular flexibility index (Phi) is 8.45. The number of unbranched alkanes of at least 4 members (excludes halogenated alkanes) is 2. The standard InChI is InChI=1S/C26H38ClF/c1-3-5-6-8-23-17-18-24(25(27)26(23)28)22-15-13-21(14-16-22)20-11-9-19(7-4-2)10-12-20/h15,17-21H,3-14,16H2,1-2H3. The van der Waals surface area contributed by atoms with Gasteiger partial charge >= 0.3 is 0 Å². The van der Waals surface area contributed by atoms with Crippen molar-refractivity contribution in [2.24, 2.45) is 17.8 Å². The molecule has 0 aliphatic heterocycles. The van der Waals surface area contributed by atoms with E-state index in [-0.39, 0.29) is 5.82 Å². The van der Waals surface area contributed by atoms with Crippen LogP contribution in [0, 0.1) is 23.6 Å². The monoisotopic (exact) mass is 404 g/mol. The topological polar surface area (TPSA) is 0 Å². The molecule has 28 heavy (non-hydrogen) atoms. The molecule has 2 aliphatic carbocycles. The fourth-order valence-corrected chi connectivity index (χ4v) is 5.79. The largest absolute Gasteiger partial charge is 0.205 e. The van der Waals surface area contributed by atoms with E-state index in [1.54, 1.807) is 0 Å². The maximum atomic E-state index is 14.8. The van der Waals surface area contributed by atoms with Crippen molar-refractivity contribution >= 4 is 17.2 Å². The number of allylic oxidation sites excluding steroid dienone is 2. The van der Waals surface area contributed by atoms with Crippen LogP contribution in [0.1, 0.15) is 102 Å². The van der Waals surface area contributed by atoms with E-state index in [4.69, 9.17) is 11.6 Å². The van der Waals surface area contributed by atoms with E-state index in [1.165, 1.54) is 50.5 Å². The second-order valence-corrected chi connectivity index (χ2v) is 9.57. The molecule has 0 radical (unpaired) electrons. The molecule has 0 bridgehead atoms. The Bertz CT molecular complexity index is 655. The summed E-state index contributed by atoms with van der Waals surface area (Å²) in [4.78, 5) is 0. The van der Waals surface area contributed by atoms with Gasteiger partial charge < -0.3 is 0 Å². The highest BCUT2D eigenvalue weighted by molar-refractivity contribution is 6.32. The van der Waals surface area contributed by atoms with Crippen LogP contribution in [0.15, 0.2) is 18.2 Å². The summed E-state index contributed by atoms with van der Waals surface area (Å²) in [6, 6.07) is 4.03. The number of hydrogen-bond acceptors (Lipinski definition) is 0. The Morgan fingerprint density at radius 2 is 1.75 bits per heavy atom. The highest BCUT2D eigenvalue weighted by Gasteiger charge is 2.29. The number of aryl methyl sites for hydroxylation is 1. The zero-order valence-electron chi connectivity index (χ0n) is 17.9. The number of halogens is 2. The molecule has 156 valence electrons. The minimum Gasteiger partial charge on any atom is -0.205 e. The summed E-state index contributed by atoms with van der Waals surface area (Å²) in [6.45, 7) is 4.48. The highest BCUT2D eigenvalue weighted by atomic mass is 35.5. The number of hydrogen-bond donors (Lipinski definition) is 0. The van der Waals surface area contributed by atoms with Gasteiger partial charge in [0.1, 0.15) is 5.82 Å². The van der Waals surface area contributed by atoms with Crippen molar-refractivity contribution in [2.45, 2.75) is 97.3 Å². The molecular formula is C26H38ClF. The van der Waals surface area contributed by atoms with Gasteiger partial charge in [-0.1, -0.05) is 82.2 Å². The molecular weight excluding hydrogens is 367 g/mol. The summed E-state index contributed by atoms with van der Waals surface area (Å²) in [5.74, 6) is 2.52. The fraction of sp³-hybridized carbons (Fsp3) is 0.692. The predicted molar refractivity (Wildman–Crippen MR) is 120 cm³/mol. The second kappa shape index (κ2) is 10.8. The molecule has 0 spiro atoms. The summed E-state index contributed by atoms with van der Waals surface area (Å²) in [7, 11) is 0. The molecule has 1 saturated carbocycles. The highest BCUT2D eigenvalue weighted by Crippen LogP contribution is 2.43. The smallest absolute Gasteiger partial charge is 0.145 e. The fourth-order valence-electron chi connectivity index (χ4n) is 5.48. The third kappa shape index (κ3) is 5.41. The van der Waals surface area contributed by atoms with Gasteiger partial charge in [-0.25, -0.2) is 4.39 Å². The molecule has 2 aliphatic rings. The quantitative estimate of drug-likeness (QED) is 0.379. The van der Waals surface area contributed by atoms with Gasteiger partial charge in [0, 0.05) is 0 Å². The molecule has 0 heterocycles. The maximum Gasteiger partial charge on any atom is 0.145 e. The SMILES string of the molecule is CCCCCc1ccc(C2=CCC(C3CCC(CCC)CC3)CC2)c(Cl)c1F. The van der Waals surface area contributed by atoms with Crippen LogP contribution >= 0.6 is 11.6 Å². The van der Waals surface area contributed by atoms with Gasteiger partial charge in [-0.3, -0.25) is 0 Å². The van der Waals surface area contributed by atoms with Crippen molar-refractivity contribution in [1.82, 2.24) is 0 Å². The van der Waals surface area contributed by atoms with Crippen molar-refractivity contribution in [1.29, 1.82) is 0 Å². The van der Waals surface area contributed by atoms with Crippen LogP contribution in [0.2, 0.25) is 5.02 Å². The molecule has 1 atom stereocenters. The summed E-state index contributed by atoms with van der Waals surface area (Å²) in [6.07, 6.45) is 18.4. The Balaban J connectivity index is 1.59. The third-order valence-corrected chi connectivity index (χ3v) is 7.63. The lowest BCUT2D eigenvalue weighted by atomic mass is 9.70. The van der Waals surface area contributed by atoms with Crippen LogP contribution in [0.3, 0.4) is 0 Å². The van der Waals surface area contributed by atoms with Gasteiger partial charge in [0.2, 0.25) is 0 Å². The molecule has 0 N–H and O–H groups in total. The Morgan fingerprint density at radius 3 is 2.39 bits per heavy atom. The zero-order chi connectivity index (χ0) is 19.9. The lowest BCUT2D eigenvalue weighted by Crippen LogP contribution is -2.23. The molecule has 1 unspecified atom stereocenters. The second-order valence-electron chi connectivity index (χ2n) is 9.19. The van der Waals surface area contributed by atoms with E-state index in [2.05, 4.69) is 26.0 Å². The predicted octanol–water partition coefficient (Wildman–Crippen LogP) is 9.00. The van der Waals surface area contributed by atoms with Gasteiger partial charge in [0.05, 0.1) is 5.02 Å². The van der Waals surface area contributed by atoms with Gasteiger partial charge in [0.25, 0.3) is 0 Å². The van der Waals surface area contributed by atoms with Gasteiger partial charge in [-0.05, 0) is 79.4 Å². The maximum absolute atomic E-state index is 14.8. The van der Waals surface area contributed by atoms with E-state index in [0.29, 0.717) is 5.02 Å². The van der Waals surface area contributed by atoms with Crippen LogP contribution in [-0.4, -0.2) is 0 Å². The number of rotatable bonds is 8. The summed E-state index contributed by atoms with van der Waals surface area (Å²) in [5, 5.41) is 0.346. The average Bonchev–Trinajstić information content (AvgIpc) is 2.72. The normalized spacial score (nSPS) is 25.6. The summed E-state index contributed by atoms with van der Waals surface area (Å²) >= 11 is 6.46. The molecule has 3 rings (SSSR count). The Labute approximate surface area is 176 Å². The van der Waals surface area contributed by atoms with Crippen molar-refractivity contribution < 1.29 is 4.39 Å². The van der Waals surface area contributed by atoms with Gasteiger partial charge in [0.15, 0.2) is 0 Å². The first kappa shape index (κ1) is 21.9. The van der Waals surface area contributed by atoms with Gasteiger partial charge in [-0.15, -0.1) is 0 Å². The molecule has 0 aromatic heterocycles. The molecule has 1 fully saturated rings. The molecule has 0 nitrogen and oxygen atoms in total.